The van der Waals surface area contributed by atoms with Crippen molar-refractivity contribution in [2.24, 2.45) is 5.92 Å². The van der Waals surface area contributed by atoms with Crippen LogP contribution in [-0.4, -0.2) is 31.8 Å². The fraction of sp³-hybridized carbons (Fsp3) is 0.600. The van der Waals surface area contributed by atoms with Crippen molar-refractivity contribution in [1.82, 2.24) is 5.32 Å². The lowest BCUT2D eigenvalue weighted by Gasteiger charge is -2.21. The van der Waals surface area contributed by atoms with E-state index in [2.05, 4.69) is 41.8 Å². The standard InChI is InChI=1S/C15H22N2O/c1-11(13-6-7-18-10-13)16-9-14-8-12-4-2-3-5-15(12)17-14/h2-5,11,13-14,16-17H,6-10H2,1H3. The molecule has 3 atom stereocenters. The highest BCUT2D eigenvalue weighted by atomic mass is 16.5. The fourth-order valence-electron chi connectivity index (χ4n) is 2.94. The Hall–Kier alpha value is -1.06. The third-order valence-corrected chi connectivity index (χ3v) is 4.20. The topological polar surface area (TPSA) is 33.3 Å². The molecule has 1 fully saturated rings. The molecule has 98 valence electrons. The van der Waals surface area contributed by atoms with Gasteiger partial charge in [-0.25, -0.2) is 0 Å². The molecule has 1 aromatic carbocycles. The van der Waals surface area contributed by atoms with E-state index >= 15 is 0 Å². The van der Waals surface area contributed by atoms with Crippen LogP contribution in [0.3, 0.4) is 0 Å². The minimum atomic E-state index is 0.534. The molecule has 0 spiro atoms. The molecule has 18 heavy (non-hydrogen) atoms. The average molecular weight is 246 g/mol. The number of rotatable bonds is 4. The SMILES string of the molecule is CC(NCC1Cc2ccccc2N1)C1CCOC1. The highest BCUT2D eigenvalue weighted by Crippen LogP contribution is 2.25. The lowest BCUT2D eigenvalue weighted by Crippen LogP contribution is -2.40. The summed E-state index contributed by atoms with van der Waals surface area (Å²) in [4.78, 5) is 0. The summed E-state index contributed by atoms with van der Waals surface area (Å²) in [5.41, 5.74) is 2.75. The first-order valence-corrected chi connectivity index (χ1v) is 6.98. The number of hydrogen-bond donors (Lipinski definition) is 2. The largest absolute Gasteiger partial charge is 0.381 e. The molecule has 1 aromatic rings. The number of hydrogen-bond acceptors (Lipinski definition) is 3. The second kappa shape index (κ2) is 5.29. The predicted octanol–water partition coefficient (Wildman–Crippen LogP) is 2.04. The van der Waals surface area contributed by atoms with Crippen LogP contribution in [0.5, 0.6) is 0 Å². The van der Waals surface area contributed by atoms with Gasteiger partial charge in [0, 0.05) is 30.9 Å². The average Bonchev–Trinajstić information content (AvgIpc) is 3.04. The predicted molar refractivity (Wildman–Crippen MR) is 73.9 cm³/mol. The number of fused-ring (bicyclic) bond motifs is 1. The lowest BCUT2D eigenvalue weighted by atomic mass is 10.0. The summed E-state index contributed by atoms with van der Waals surface area (Å²) in [5, 5.41) is 7.25. The van der Waals surface area contributed by atoms with Crippen LogP contribution < -0.4 is 10.6 Å². The molecule has 2 aliphatic rings. The summed E-state index contributed by atoms with van der Waals surface area (Å²) in [6.45, 7) is 5.17. The minimum absolute atomic E-state index is 0.534. The minimum Gasteiger partial charge on any atom is -0.381 e. The first-order valence-electron chi connectivity index (χ1n) is 6.98. The van der Waals surface area contributed by atoms with Crippen LogP contribution in [0.2, 0.25) is 0 Å². The third-order valence-electron chi connectivity index (χ3n) is 4.20. The number of nitrogens with one attached hydrogen (secondary N) is 2. The Morgan fingerprint density at radius 2 is 2.33 bits per heavy atom. The van der Waals surface area contributed by atoms with E-state index in [1.165, 1.54) is 17.7 Å². The Kier molecular flexibility index (Phi) is 3.52. The maximum absolute atomic E-state index is 5.45. The molecule has 3 unspecified atom stereocenters. The zero-order chi connectivity index (χ0) is 12.4. The van der Waals surface area contributed by atoms with Gasteiger partial charge in [-0.3, -0.25) is 0 Å². The van der Waals surface area contributed by atoms with E-state index < -0.39 is 0 Å². The summed E-state index contributed by atoms with van der Waals surface area (Å²) in [6.07, 6.45) is 2.34. The maximum Gasteiger partial charge on any atom is 0.0509 e. The van der Waals surface area contributed by atoms with E-state index in [1.807, 2.05) is 0 Å². The summed E-state index contributed by atoms with van der Waals surface area (Å²) in [7, 11) is 0. The molecule has 0 aliphatic carbocycles. The van der Waals surface area contributed by atoms with Crippen LogP contribution in [0.15, 0.2) is 24.3 Å². The highest BCUT2D eigenvalue weighted by molar-refractivity contribution is 5.56. The van der Waals surface area contributed by atoms with Gasteiger partial charge < -0.3 is 15.4 Å². The Bertz CT molecular complexity index is 376. The number of para-hydroxylation sites is 1. The highest BCUT2D eigenvalue weighted by Gasteiger charge is 2.24. The molecule has 3 rings (SSSR count). The van der Waals surface area contributed by atoms with E-state index in [-0.39, 0.29) is 0 Å². The molecule has 3 heteroatoms. The molecular formula is C15H22N2O. The van der Waals surface area contributed by atoms with Gasteiger partial charge in [0.25, 0.3) is 0 Å². The fourth-order valence-corrected chi connectivity index (χ4v) is 2.94. The van der Waals surface area contributed by atoms with Crippen molar-refractivity contribution in [2.45, 2.75) is 31.8 Å². The van der Waals surface area contributed by atoms with Crippen molar-refractivity contribution in [1.29, 1.82) is 0 Å². The molecule has 0 saturated carbocycles. The first-order chi connectivity index (χ1) is 8.83. The number of benzene rings is 1. The quantitative estimate of drug-likeness (QED) is 0.853. The van der Waals surface area contributed by atoms with Crippen molar-refractivity contribution in [3.8, 4) is 0 Å². The summed E-state index contributed by atoms with van der Waals surface area (Å²) in [6, 6.07) is 9.69. The van der Waals surface area contributed by atoms with Gasteiger partial charge in [-0.1, -0.05) is 18.2 Å². The summed E-state index contributed by atoms with van der Waals surface area (Å²) >= 11 is 0. The normalized spacial score (nSPS) is 27.8. The zero-order valence-corrected chi connectivity index (χ0v) is 11.0. The number of ether oxygens (including phenoxy) is 1. The lowest BCUT2D eigenvalue weighted by molar-refractivity contribution is 0.178. The first kappa shape index (κ1) is 12.0. The summed E-state index contributed by atoms with van der Waals surface area (Å²) in [5.74, 6) is 0.689. The number of anilines is 1. The molecule has 0 amide bonds. The van der Waals surface area contributed by atoms with E-state index in [4.69, 9.17) is 4.74 Å². The second-order valence-corrected chi connectivity index (χ2v) is 5.52. The molecule has 2 aliphatic heterocycles. The molecule has 1 saturated heterocycles. The molecule has 0 aromatic heterocycles. The van der Waals surface area contributed by atoms with E-state index in [0.717, 1.165) is 26.2 Å². The van der Waals surface area contributed by atoms with Crippen molar-refractivity contribution in [3.63, 3.8) is 0 Å². The van der Waals surface area contributed by atoms with Crippen molar-refractivity contribution >= 4 is 5.69 Å². The van der Waals surface area contributed by atoms with Crippen LogP contribution in [0, 0.1) is 5.92 Å². The van der Waals surface area contributed by atoms with Gasteiger partial charge in [-0.15, -0.1) is 0 Å². The van der Waals surface area contributed by atoms with Crippen LogP contribution >= 0.6 is 0 Å². The van der Waals surface area contributed by atoms with Crippen LogP contribution in [0.4, 0.5) is 5.69 Å². The molecule has 2 N–H and O–H groups in total. The monoisotopic (exact) mass is 246 g/mol. The summed E-state index contributed by atoms with van der Waals surface area (Å²) < 4.78 is 5.45. The van der Waals surface area contributed by atoms with Crippen molar-refractivity contribution in [3.05, 3.63) is 29.8 Å². The van der Waals surface area contributed by atoms with Gasteiger partial charge in [-0.2, -0.15) is 0 Å². The molecule has 3 nitrogen and oxygen atoms in total. The molecular weight excluding hydrogens is 224 g/mol. The smallest absolute Gasteiger partial charge is 0.0509 e. The van der Waals surface area contributed by atoms with Gasteiger partial charge >= 0.3 is 0 Å². The van der Waals surface area contributed by atoms with Crippen LogP contribution in [-0.2, 0) is 11.2 Å². The Morgan fingerprint density at radius 1 is 1.44 bits per heavy atom. The van der Waals surface area contributed by atoms with E-state index in [1.54, 1.807) is 0 Å². The van der Waals surface area contributed by atoms with E-state index in [0.29, 0.717) is 18.0 Å². The Morgan fingerprint density at radius 3 is 3.11 bits per heavy atom. The van der Waals surface area contributed by atoms with Gasteiger partial charge in [0.2, 0.25) is 0 Å². The maximum atomic E-state index is 5.45. The molecule has 0 radical (unpaired) electrons. The molecule has 0 bridgehead atoms. The van der Waals surface area contributed by atoms with E-state index in [9.17, 15) is 0 Å². The Balaban J connectivity index is 1.48. The van der Waals surface area contributed by atoms with Gasteiger partial charge in [-0.05, 0) is 37.3 Å². The second-order valence-electron chi connectivity index (χ2n) is 5.52. The third kappa shape index (κ3) is 2.52. The van der Waals surface area contributed by atoms with Crippen molar-refractivity contribution in [2.75, 3.05) is 25.1 Å². The van der Waals surface area contributed by atoms with Crippen molar-refractivity contribution < 1.29 is 4.74 Å². The van der Waals surface area contributed by atoms with Crippen LogP contribution in [0.25, 0.3) is 0 Å². The van der Waals surface area contributed by atoms with Crippen LogP contribution in [0.1, 0.15) is 18.9 Å². The Labute approximate surface area is 109 Å². The van der Waals surface area contributed by atoms with Gasteiger partial charge in [0.05, 0.1) is 6.61 Å². The van der Waals surface area contributed by atoms with Gasteiger partial charge in [0.1, 0.15) is 0 Å². The zero-order valence-electron chi connectivity index (χ0n) is 11.0. The molecule has 2 heterocycles. The van der Waals surface area contributed by atoms with Gasteiger partial charge in [0.15, 0.2) is 0 Å².